The Labute approximate surface area is 191 Å². The first-order chi connectivity index (χ1) is 15.8. The van der Waals surface area contributed by atoms with Crippen LogP contribution in [0.2, 0.25) is 0 Å². The molecule has 1 aliphatic rings. The van der Waals surface area contributed by atoms with Crippen LogP contribution in [0.25, 0.3) is 0 Å². The first-order valence-corrected chi connectivity index (χ1v) is 10.1. The van der Waals surface area contributed by atoms with Gasteiger partial charge in [-0.05, 0) is 18.2 Å². The van der Waals surface area contributed by atoms with E-state index in [1.54, 1.807) is 21.3 Å². The van der Waals surface area contributed by atoms with Crippen LogP contribution in [-0.2, 0) is 16.1 Å². The van der Waals surface area contributed by atoms with Gasteiger partial charge in [-0.2, -0.15) is 0 Å². The van der Waals surface area contributed by atoms with Gasteiger partial charge < -0.3 is 29.3 Å². The lowest BCUT2D eigenvalue weighted by Gasteiger charge is -2.35. The van der Waals surface area contributed by atoms with Crippen molar-refractivity contribution in [2.24, 2.45) is 0 Å². The highest BCUT2D eigenvalue weighted by molar-refractivity contribution is 6.27. The molecule has 1 saturated heterocycles. The third-order valence-electron chi connectivity index (χ3n) is 5.04. The molecule has 1 fully saturated rings. The quantitative estimate of drug-likeness (QED) is 0.621. The van der Waals surface area contributed by atoms with Gasteiger partial charge in [0.25, 0.3) is 5.91 Å². The number of carboxylic acids is 2. The number of piperazine rings is 1. The molecular weight excluding hydrogens is 432 g/mol. The van der Waals surface area contributed by atoms with Crippen LogP contribution in [0, 0.1) is 0 Å². The van der Waals surface area contributed by atoms with E-state index < -0.39 is 11.9 Å². The Bertz CT molecular complexity index is 944. The summed E-state index contributed by atoms with van der Waals surface area (Å²) in [7, 11) is 4.86. The fourth-order valence-corrected chi connectivity index (χ4v) is 3.40. The van der Waals surface area contributed by atoms with E-state index in [2.05, 4.69) is 4.90 Å². The number of amides is 1. The average Bonchev–Trinajstić information content (AvgIpc) is 2.84. The molecule has 33 heavy (non-hydrogen) atoms. The number of aliphatic carboxylic acids is 2. The van der Waals surface area contributed by atoms with Gasteiger partial charge in [0.15, 0.2) is 11.5 Å². The van der Waals surface area contributed by atoms with Crippen LogP contribution in [0.4, 0.5) is 0 Å². The molecule has 0 atom stereocenters. The van der Waals surface area contributed by atoms with E-state index in [0.717, 1.165) is 30.8 Å². The number of carbonyl (C=O) groups is 3. The van der Waals surface area contributed by atoms with Gasteiger partial charge in [-0.15, -0.1) is 0 Å². The van der Waals surface area contributed by atoms with Crippen molar-refractivity contribution in [3.63, 3.8) is 0 Å². The molecule has 178 valence electrons. The van der Waals surface area contributed by atoms with Crippen molar-refractivity contribution in [2.75, 3.05) is 47.5 Å². The molecule has 0 aliphatic carbocycles. The van der Waals surface area contributed by atoms with Gasteiger partial charge in [0.2, 0.25) is 5.75 Å². The van der Waals surface area contributed by atoms with Crippen LogP contribution in [-0.4, -0.2) is 85.4 Å². The zero-order valence-corrected chi connectivity index (χ0v) is 18.8. The summed E-state index contributed by atoms with van der Waals surface area (Å²) in [5.74, 6) is -1.60. The second-order valence-corrected chi connectivity index (χ2v) is 7.04. The van der Waals surface area contributed by atoms with Crippen molar-refractivity contribution >= 4 is 17.8 Å². The number of methoxy groups -OCH3 is 3. The largest absolute Gasteiger partial charge is 0.493 e. The van der Waals surface area contributed by atoms with E-state index >= 15 is 0 Å². The third-order valence-corrected chi connectivity index (χ3v) is 5.04. The molecule has 0 spiro atoms. The van der Waals surface area contributed by atoms with E-state index in [1.165, 1.54) is 0 Å². The van der Waals surface area contributed by atoms with Gasteiger partial charge in [0.1, 0.15) is 0 Å². The SMILES string of the molecule is COc1ccc(CN2CCN(C(=O)c3ccccc3)CC2)c(OC)c1OC.O=C(O)C(=O)O. The second-order valence-electron chi connectivity index (χ2n) is 7.04. The molecule has 10 heteroatoms. The van der Waals surface area contributed by atoms with Gasteiger partial charge in [-0.1, -0.05) is 24.3 Å². The molecule has 1 heterocycles. The lowest BCUT2D eigenvalue weighted by Crippen LogP contribution is -2.48. The summed E-state index contributed by atoms with van der Waals surface area (Å²) < 4.78 is 16.4. The molecule has 2 N–H and O–H groups in total. The van der Waals surface area contributed by atoms with Crippen molar-refractivity contribution in [3.8, 4) is 17.2 Å². The summed E-state index contributed by atoms with van der Waals surface area (Å²) in [6.07, 6.45) is 0. The first kappa shape index (κ1) is 25.5. The predicted octanol–water partition coefficient (Wildman–Crippen LogP) is 1.83. The highest BCUT2D eigenvalue weighted by atomic mass is 16.5. The molecule has 10 nitrogen and oxygen atoms in total. The van der Waals surface area contributed by atoms with Crippen LogP contribution in [0.1, 0.15) is 15.9 Å². The molecule has 1 amide bonds. The number of carbonyl (C=O) groups excluding carboxylic acids is 1. The minimum atomic E-state index is -1.82. The normalized spacial score (nSPS) is 13.4. The van der Waals surface area contributed by atoms with E-state index in [-0.39, 0.29) is 5.91 Å². The van der Waals surface area contributed by atoms with Gasteiger partial charge in [-0.25, -0.2) is 9.59 Å². The monoisotopic (exact) mass is 460 g/mol. The molecule has 2 aromatic rings. The van der Waals surface area contributed by atoms with E-state index in [0.29, 0.717) is 30.3 Å². The molecule has 1 aliphatic heterocycles. The maximum Gasteiger partial charge on any atom is 0.414 e. The Morgan fingerprint density at radius 1 is 0.788 bits per heavy atom. The molecular formula is C23H28N2O8. The maximum absolute atomic E-state index is 12.6. The van der Waals surface area contributed by atoms with Gasteiger partial charge in [0, 0.05) is 43.9 Å². The van der Waals surface area contributed by atoms with Gasteiger partial charge in [-0.3, -0.25) is 9.69 Å². The molecule has 0 unspecified atom stereocenters. The Morgan fingerprint density at radius 3 is 1.85 bits per heavy atom. The zero-order chi connectivity index (χ0) is 24.4. The number of nitrogens with zero attached hydrogens (tertiary/aromatic N) is 2. The minimum Gasteiger partial charge on any atom is -0.493 e. The summed E-state index contributed by atoms with van der Waals surface area (Å²) in [6, 6.07) is 13.3. The lowest BCUT2D eigenvalue weighted by molar-refractivity contribution is -0.159. The van der Waals surface area contributed by atoms with Crippen molar-refractivity contribution < 1.29 is 38.8 Å². The highest BCUT2D eigenvalue weighted by Gasteiger charge is 2.24. The molecule has 2 aromatic carbocycles. The summed E-state index contributed by atoms with van der Waals surface area (Å²) in [6.45, 7) is 3.79. The van der Waals surface area contributed by atoms with Crippen LogP contribution < -0.4 is 14.2 Å². The fraction of sp³-hybridized carbons (Fsp3) is 0.348. The summed E-state index contributed by atoms with van der Waals surface area (Å²) in [5, 5.41) is 14.8. The molecule has 0 aromatic heterocycles. The van der Waals surface area contributed by atoms with Crippen LogP contribution in [0.5, 0.6) is 17.2 Å². The number of hydrogen-bond donors (Lipinski definition) is 2. The van der Waals surface area contributed by atoms with Crippen molar-refractivity contribution in [1.82, 2.24) is 9.80 Å². The van der Waals surface area contributed by atoms with Crippen molar-refractivity contribution in [1.29, 1.82) is 0 Å². The molecule has 0 radical (unpaired) electrons. The average molecular weight is 460 g/mol. The standard InChI is InChI=1S/C21H26N2O4.C2H2O4/c1-25-18-10-9-17(19(26-2)20(18)27-3)15-22-11-13-23(14-12-22)21(24)16-7-5-4-6-8-16;3-1(4)2(5)6/h4-10H,11-15H2,1-3H3;(H,3,4)(H,5,6). The Balaban J connectivity index is 0.000000569. The van der Waals surface area contributed by atoms with E-state index in [4.69, 9.17) is 34.0 Å². The Morgan fingerprint density at radius 2 is 1.36 bits per heavy atom. The van der Waals surface area contributed by atoms with Crippen LogP contribution >= 0.6 is 0 Å². The first-order valence-electron chi connectivity index (χ1n) is 10.1. The lowest BCUT2D eigenvalue weighted by atomic mass is 10.1. The van der Waals surface area contributed by atoms with E-state index in [9.17, 15) is 4.79 Å². The maximum atomic E-state index is 12.6. The summed E-state index contributed by atoms with van der Waals surface area (Å²) in [4.78, 5) is 35.0. The minimum absolute atomic E-state index is 0.0962. The van der Waals surface area contributed by atoms with Gasteiger partial charge >= 0.3 is 11.9 Å². The highest BCUT2D eigenvalue weighted by Crippen LogP contribution is 2.40. The van der Waals surface area contributed by atoms with Crippen LogP contribution in [0.3, 0.4) is 0 Å². The fourth-order valence-electron chi connectivity index (χ4n) is 3.40. The van der Waals surface area contributed by atoms with Crippen LogP contribution in [0.15, 0.2) is 42.5 Å². The zero-order valence-electron chi connectivity index (χ0n) is 18.8. The second kappa shape index (κ2) is 12.3. The summed E-state index contributed by atoms with van der Waals surface area (Å²) >= 11 is 0. The Hall–Kier alpha value is -3.79. The number of benzene rings is 2. The molecule has 0 bridgehead atoms. The number of hydrogen-bond acceptors (Lipinski definition) is 7. The van der Waals surface area contributed by atoms with E-state index in [1.807, 2.05) is 47.4 Å². The summed E-state index contributed by atoms with van der Waals surface area (Å²) in [5.41, 5.74) is 1.78. The topological polar surface area (TPSA) is 126 Å². The number of ether oxygens (including phenoxy) is 3. The molecule has 0 saturated carbocycles. The van der Waals surface area contributed by atoms with Gasteiger partial charge in [0.05, 0.1) is 21.3 Å². The number of carboxylic acid groups (broad SMARTS) is 2. The number of rotatable bonds is 6. The predicted molar refractivity (Wildman–Crippen MR) is 119 cm³/mol. The van der Waals surface area contributed by atoms with Crippen molar-refractivity contribution in [3.05, 3.63) is 53.6 Å². The van der Waals surface area contributed by atoms with Crippen molar-refractivity contribution in [2.45, 2.75) is 6.54 Å². The third kappa shape index (κ3) is 6.84. The Kier molecular flexibility index (Phi) is 9.49. The molecule has 3 rings (SSSR count). The smallest absolute Gasteiger partial charge is 0.414 e.